The van der Waals surface area contributed by atoms with Crippen LogP contribution in [0, 0.1) is 11.3 Å². The van der Waals surface area contributed by atoms with Gasteiger partial charge in [0.15, 0.2) is 11.6 Å². The fourth-order valence-corrected chi connectivity index (χ4v) is 4.80. The van der Waals surface area contributed by atoms with Crippen molar-refractivity contribution in [1.82, 2.24) is 14.9 Å². The number of nitrogen functional groups attached to an aromatic ring is 1. The van der Waals surface area contributed by atoms with Crippen molar-refractivity contribution in [2.75, 3.05) is 36.1 Å². The van der Waals surface area contributed by atoms with Gasteiger partial charge in [0.1, 0.15) is 11.2 Å². The average Bonchev–Trinajstić information content (AvgIpc) is 2.83. The highest BCUT2D eigenvalue weighted by atomic mass is 16.5. The molecule has 0 unspecified atom stereocenters. The summed E-state index contributed by atoms with van der Waals surface area (Å²) in [6.07, 6.45) is 5.64. The van der Waals surface area contributed by atoms with Gasteiger partial charge in [-0.25, -0.2) is 0 Å². The Labute approximate surface area is 200 Å². The summed E-state index contributed by atoms with van der Waals surface area (Å²) in [7, 11) is 1.73. The molecule has 2 aliphatic rings. The van der Waals surface area contributed by atoms with Gasteiger partial charge < -0.3 is 15.8 Å². The molecule has 0 saturated carbocycles. The van der Waals surface area contributed by atoms with Crippen molar-refractivity contribution in [3.8, 4) is 12.1 Å². The van der Waals surface area contributed by atoms with Gasteiger partial charge in [-0.05, 0) is 68.2 Å². The Kier molecular flexibility index (Phi) is 6.89. The van der Waals surface area contributed by atoms with Crippen molar-refractivity contribution >= 4 is 23.7 Å². The molecule has 9 nitrogen and oxygen atoms in total. The van der Waals surface area contributed by atoms with Crippen LogP contribution >= 0.6 is 0 Å². The fraction of sp³-hybridized carbons (Fsp3) is 0.520. The van der Waals surface area contributed by atoms with Gasteiger partial charge >= 0.3 is 6.01 Å². The van der Waals surface area contributed by atoms with E-state index in [0.29, 0.717) is 24.7 Å². The van der Waals surface area contributed by atoms with Crippen LogP contribution in [0.1, 0.15) is 55.4 Å². The molecule has 0 spiro atoms. The molecule has 180 valence electrons. The van der Waals surface area contributed by atoms with E-state index in [2.05, 4.69) is 38.4 Å². The number of nitrogens with one attached hydrogen (secondary N) is 1. The SMILES string of the molecule is CNc1c(N)nc2nc1N(C=O)Cc1cc(c3c(c1)CN(C(C)(C)C#N)CC3)CCCCCO2. The molecular formula is C25H33N7O2. The van der Waals surface area contributed by atoms with Crippen molar-refractivity contribution in [1.29, 1.82) is 5.26 Å². The van der Waals surface area contributed by atoms with E-state index in [0.717, 1.165) is 57.2 Å². The molecule has 0 saturated heterocycles. The molecule has 2 aliphatic heterocycles. The minimum Gasteiger partial charge on any atom is -0.463 e. The third kappa shape index (κ3) is 4.77. The zero-order valence-electron chi connectivity index (χ0n) is 20.2. The normalized spacial score (nSPS) is 17.1. The summed E-state index contributed by atoms with van der Waals surface area (Å²) in [5, 5.41) is 12.7. The van der Waals surface area contributed by atoms with Gasteiger partial charge in [0.2, 0.25) is 6.41 Å². The van der Waals surface area contributed by atoms with E-state index in [-0.39, 0.29) is 11.8 Å². The number of benzene rings is 1. The lowest BCUT2D eigenvalue weighted by Crippen LogP contribution is -2.45. The molecule has 1 aromatic heterocycles. The number of carbonyl (C=O) groups is 1. The lowest BCUT2D eigenvalue weighted by atomic mass is 9.87. The van der Waals surface area contributed by atoms with Crippen LogP contribution < -0.4 is 20.7 Å². The number of rotatable bonds is 3. The van der Waals surface area contributed by atoms with Gasteiger partial charge in [0, 0.05) is 20.1 Å². The molecule has 0 fully saturated rings. The number of carbonyl (C=O) groups excluding carboxylic acids is 1. The van der Waals surface area contributed by atoms with E-state index in [4.69, 9.17) is 10.5 Å². The molecule has 2 aromatic rings. The summed E-state index contributed by atoms with van der Waals surface area (Å²) in [6.45, 7) is 6.35. The summed E-state index contributed by atoms with van der Waals surface area (Å²) in [5.41, 5.74) is 11.1. The van der Waals surface area contributed by atoms with Crippen LogP contribution in [0.5, 0.6) is 6.01 Å². The number of ether oxygens (including phenoxy) is 1. The monoisotopic (exact) mass is 463 g/mol. The Morgan fingerprint density at radius 2 is 1.97 bits per heavy atom. The van der Waals surface area contributed by atoms with Crippen molar-refractivity contribution in [2.45, 2.75) is 64.6 Å². The number of amides is 1. The van der Waals surface area contributed by atoms with Gasteiger partial charge in [-0.15, -0.1) is 0 Å². The van der Waals surface area contributed by atoms with Gasteiger partial charge in [-0.1, -0.05) is 12.1 Å². The predicted molar refractivity (Wildman–Crippen MR) is 132 cm³/mol. The molecule has 1 amide bonds. The first-order valence-corrected chi connectivity index (χ1v) is 11.9. The second-order valence-corrected chi connectivity index (χ2v) is 9.47. The molecule has 0 radical (unpaired) electrons. The molecular weight excluding hydrogens is 430 g/mol. The highest BCUT2D eigenvalue weighted by molar-refractivity contribution is 5.85. The summed E-state index contributed by atoms with van der Waals surface area (Å²) in [5.74, 6) is 0.630. The largest absolute Gasteiger partial charge is 0.463 e. The van der Waals surface area contributed by atoms with Crippen LogP contribution in [0.25, 0.3) is 0 Å². The molecule has 3 heterocycles. The van der Waals surface area contributed by atoms with Crippen LogP contribution in [0.2, 0.25) is 0 Å². The quantitative estimate of drug-likeness (QED) is 0.667. The van der Waals surface area contributed by atoms with Crippen LogP contribution in [-0.4, -0.2) is 47.0 Å². The molecule has 4 bridgehead atoms. The summed E-state index contributed by atoms with van der Waals surface area (Å²) in [6, 6.07) is 7.01. The third-order valence-electron chi connectivity index (χ3n) is 6.77. The number of hydrogen-bond acceptors (Lipinski definition) is 8. The Morgan fingerprint density at radius 1 is 1.18 bits per heavy atom. The highest BCUT2D eigenvalue weighted by Gasteiger charge is 2.31. The summed E-state index contributed by atoms with van der Waals surface area (Å²) < 4.78 is 5.76. The number of aromatic nitrogens is 2. The lowest BCUT2D eigenvalue weighted by Gasteiger charge is -2.38. The maximum absolute atomic E-state index is 12.2. The molecule has 3 N–H and O–H groups in total. The molecule has 4 rings (SSSR count). The second kappa shape index (κ2) is 9.85. The number of nitrogens with two attached hydrogens (primary N) is 1. The first kappa shape index (κ1) is 23.8. The van der Waals surface area contributed by atoms with E-state index in [1.165, 1.54) is 21.6 Å². The lowest BCUT2D eigenvalue weighted by molar-refractivity contribution is -0.107. The molecule has 0 aliphatic carbocycles. The number of anilines is 3. The van der Waals surface area contributed by atoms with Gasteiger partial charge in [-0.2, -0.15) is 15.2 Å². The minimum atomic E-state index is -0.531. The van der Waals surface area contributed by atoms with E-state index >= 15 is 0 Å². The average molecular weight is 464 g/mol. The second-order valence-electron chi connectivity index (χ2n) is 9.47. The summed E-state index contributed by atoms with van der Waals surface area (Å²) >= 11 is 0. The van der Waals surface area contributed by atoms with Crippen LogP contribution in [-0.2, 0) is 30.7 Å². The Morgan fingerprint density at radius 3 is 2.71 bits per heavy atom. The number of fused-ring (bicyclic) bond motifs is 6. The highest BCUT2D eigenvalue weighted by Crippen LogP contribution is 2.33. The van der Waals surface area contributed by atoms with E-state index in [1.54, 1.807) is 7.05 Å². The molecule has 34 heavy (non-hydrogen) atoms. The molecule has 0 atom stereocenters. The van der Waals surface area contributed by atoms with Gasteiger partial charge in [0.05, 0.1) is 19.2 Å². The van der Waals surface area contributed by atoms with Gasteiger partial charge in [-0.3, -0.25) is 14.6 Å². The number of hydrogen-bond donors (Lipinski definition) is 2. The Balaban J connectivity index is 1.76. The van der Waals surface area contributed by atoms with Crippen LogP contribution in [0.15, 0.2) is 12.1 Å². The van der Waals surface area contributed by atoms with Crippen LogP contribution in [0.4, 0.5) is 17.3 Å². The predicted octanol–water partition coefficient (Wildman–Crippen LogP) is 3.03. The van der Waals surface area contributed by atoms with E-state index < -0.39 is 5.54 Å². The Bertz CT molecular complexity index is 1110. The number of nitriles is 1. The number of aryl methyl sites for hydroxylation is 1. The number of nitrogens with zero attached hydrogens (tertiary/aromatic N) is 5. The maximum Gasteiger partial charge on any atom is 0.320 e. The fourth-order valence-electron chi connectivity index (χ4n) is 4.80. The van der Waals surface area contributed by atoms with Crippen LogP contribution in [0.3, 0.4) is 0 Å². The zero-order valence-corrected chi connectivity index (χ0v) is 20.2. The first-order chi connectivity index (χ1) is 16.4. The first-order valence-electron chi connectivity index (χ1n) is 11.9. The van der Waals surface area contributed by atoms with E-state index in [1.807, 2.05) is 13.8 Å². The Hall–Kier alpha value is -3.38. The van der Waals surface area contributed by atoms with Crippen molar-refractivity contribution in [3.05, 3.63) is 34.4 Å². The minimum absolute atomic E-state index is 0.177. The van der Waals surface area contributed by atoms with Crippen molar-refractivity contribution in [3.63, 3.8) is 0 Å². The standard InChI is InChI=1S/C25H33N7O2/c1-25(2,15-26)32-9-8-20-18-7-5-4-6-10-34-24-29-22(27)21(28-3)23(30-24)31(16-33)13-17(11-18)12-19(20)14-32/h11-12,16,28H,4-10,13-14H2,1-3H3,(H2,27,29,30). The van der Waals surface area contributed by atoms with Gasteiger partial charge in [0.25, 0.3) is 0 Å². The topological polar surface area (TPSA) is 120 Å². The maximum atomic E-state index is 12.2. The molecule has 9 heteroatoms. The smallest absolute Gasteiger partial charge is 0.320 e. The summed E-state index contributed by atoms with van der Waals surface area (Å²) in [4.78, 5) is 24.7. The molecule has 1 aromatic carbocycles. The zero-order chi connectivity index (χ0) is 24.3. The van der Waals surface area contributed by atoms with Crippen molar-refractivity contribution in [2.24, 2.45) is 0 Å². The third-order valence-corrected chi connectivity index (χ3v) is 6.77. The van der Waals surface area contributed by atoms with E-state index in [9.17, 15) is 10.1 Å². The van der Waals surface area contributed by atoms with Crippen molar-refractivity contribution < 1.29 is 9.53 Å².